The van der Waals surface area contributed by atoms with Gasteiger partial charge in [-0.05, 0) is 32.6 Å². The van der Waals surface area contributed by atoms with Crippen LogP contribution in [0.15, 0.2) is 0 Å². The molecule has 0 radical (unpaired) electrons. The molecule has 2 amide bonds. The first kappa shape index (κ1) is 10.6. The van der Waals surface area contributed by atoms with Crippen molar-refractivity contribution in [1.29, 1.82) is 0 Å². The van der Waals surface area contributed by atoms with Gasteiger partial charge < -0.3 is 5.11 Å². The predicted octanol–water partition coefficient (Wildman–Crippen LogP) is 0.542. The lowest BCUT2D eigenvalue weighted by Crippen LogP contribution is -2.33. The van der Waals surface area contributed by atoms with Crippen LogP contribution in [-0.4, -0.2) is 34.5 Å². The molecule has 2 fully saturated rings. The van der Waals surface area contributed by atoms with E-state index in [-0.39, 0.29) is 29.8 Å². The second kappa shape index (κ2) is 3.93. The average Bonchev–Trinajstić information content (AvgIpc) is 2.90. The van der Waals surface area contributed by atoms with E-state index in [4.69, 9.17) is 5.11 Å². The number of fused-ring (bicyclic) bond motifs is 1. The summed E-state index contributed by atoms with van der Waals surface area (Å²) in [6.45, 7) is 2.29. The number of unbranched alkanes of at least 4 members (excludes halogenated alkanes) is 1. The maximum atomic E-state index is 11.5. The van der Waals surface area contributed by atoms with Gasteiger partial charge in [-0.15, -0.1) is 0 Å². The summed E-state index contributed by atoms with van der Waals surface area (Å²) in [6.07, 6.45) is 2.90. The van der Waals surface area contributed by atoms with E-state index >= 15 is 0 Å². The van der Waals surface area contributed by atoms with Crippen LogP contribution in [0.3, 0.4) is 0 Å². The van der Waals surface area contributed by atoms with Crippen LogP contribution in [0.2, 0.25) is 0 Å². The number of piperidine rings is 1. The quantitative estimate of drug-likeness (QED) is 0.533. The topological polar surface area (TPSA) is 57.6 Å². The Labute approximate surface area is 89.3 Å². The molecule has 84 valence electrons. The van der Waals surface area contributed by atoms with E-state index in [0.29, 0.717) is 6.54 Å². The Kier molecular flexibility index (Phi) is 2.78. The molecule has 4 heteroatoms. The Hall–Kier alpha value is -0.900. The van der Waals surface area contributed by atoms with Crippen molar-refractivity contribution in [2.75, 3.05) is 6.54 Å². The highest BCUT2D eigenvalue weighted by Crippen LogP contribution is 2.46. The van der Waals surface area contributed by atoms with E-state index in [0.717, 1.165) is 25.7 Å². The first-order valence-electron chi connectivity index (χ1n) is 5.64. The van der Waals surface area contributed by atoms with Crippen LogP contribution in [-0.2, 0) is 9.59 Å². The Morgan fingerprint density at radius 1 is 1.33 bits per heavy atom. The maximum absolute atomic E-state index is 11.5. The standard InChI is InChI=1S/C11H17NO3/c1-7(13)4-2-3-5-12-10(14)8-6-9(8)11(12)15/h7-9,13H,2-6H2,1H3. The van der Waals surface area contributed by atoms with Crippen molar-refractivity contribution in [3.63, 3.8) is 0 Å². The molecular weight excluding hydrogens is 194 g/mol. The predicted molar refractivity (Wildman–Crippen MR) is 53.8 cm³/mol. The molecule has 1 aliphatic carbocycles. The zero-order valence-corrected chi connectivity index (χ0v) is 8.98. The lowest BCUT2D eigenvalue weighted by molar-refractivity contribution is -0.141. The van der Waals surface area contributed by atoms with Crippen LogP contribution >= 0.6 is 0 Å². The molecule has 15 heavy (non-hydrogen) atoms. The third kappa shape index (κ3) is 2.04. The van der Waals surface area contributed by atoms with Gasteiger partial charge in [-0.25, -0.2) is 0 Å². The van der Waals surface area contributed by atoms with Crippen molar-refractivity contribution in [1.82, 2.24) is 4.90 Å². The van der Waals surface area contributed by atoms with Gasteiger partial charge in [0.05, 0.1) is 17.9 Å². The van der Waals surface area contributed by atoms with Gasteiger partial charge in [-0.2, -0.15) is 0 Å². The number of nitrogens with zero attached hydrogens (tertiary/aromatic N) is 1. The van der Waals surface area contributed by atoms with Gasteiger partial charge in [0.1, 0.15) is 0 Å². The number of aliphatic hydroxyl groups excluding tert-OH is 1. The van der Waals surface area contributed by atoms with Gasteiger partial charge >= 0.3 is 0 Å². The van der Waals surface area contributed by atoms with Crippen molar-refractivity contribution in [3.05, 3.63) is 0 Å². The fraction of sp³-hybridized carbons (Fsp3) is 0.818. The molecule has 1 saturated carbocycles. The summed E-state index contributed by atoms with van der Waals surface area (Å²) in [5.41, 5.74) is 0. The van der Waals surface area contributed by atoms with Gasteiger partial charge in [0, 0.05) is 6.54 Å². The van der Waals surface area contributed by atoms with Crippen molar-refractivity contribution in [3.8, 4) is 0 Å². The SMILES string of the molecule is CC(O)CCCCN1C(=O)C2CC2C1=O. The summed E-state index contributed by atoms with van der Waals surface area (Å²) in [4.78, 5) is 24.5. The minimum absolute atomic E-state index is 0.0225. The summed E-state index contributed by atoms with van der Waals surface area (Å²) < 4.78 is 0. The molecule has 1 N–H and O–H groups in total. The monoisotopic (exact) mass is 211 g/mol. The van der Waals surface area contributed by atoms with Gasteiger partial charge in [-0.3, -0.25) is 14.5 Å². The maximum Gasteiger partial charge on any atom is 0.233 e. The van der Waals surface area contributed by atoms with Gasteiger partial charge in [0.2, 0.25) is 11.8 Å². The van der Waals surface area contributed by atoms with Gasteiger partial charge in [0.15, 0.2) is 0 Å². The first-order chi connectivity index (χ1) is 7.11. The van der Waals surface area contributed by atoms with E-state index in [1.165, 1.54) is 4.90 Å². The number of carbonyl (C=O) groups is 2. The lowest BCUT2D eigenvalue weighted by Gasteiger charge is -2.16. The van der Waals surface area contributed by atoms with Crippen LogP contribution in [0.4, 0.5) is 0 Å². The highest BCUT2D eigenvalue weighted by Gasteiger charge is 2.58. The molecule has 1 heterocycles. The smallest absolute Gasteiger partial charge is 0.233 e. The van der Waals surface area contributed by atoms with E-state index in [1.54, 1.807) is 6.92 Å². The van der Waals surface area contributed by atoms with Crippen LogP contribution in [0.1, 0.15) is 32.6 Å². The zero-order valence-electron chi connectivity index (χ0n) is 8.98. The molecule has 4 nitrogen and oxygen atoms in total. The summed E-state index contributed by atoms with van der Waals surface area (Å²) in [7, 11) is 0. The zero-order chi connectivity index (χ0) is 11.0. The fourth-order valence-electron chi connectivity index (χ4n) is 2.18. The van der Waals surface area contributed by atoms with Crippen molar-refractivity contribution >= 4 is 11.8 Å². The molecule has 0 aromatic heterocycles. The number of imide groups is 1. The highest BCUT2D eigenvalue weighted by molar-refractivity contribution is 6.08. The van der Waals surface area contributed by atoms with E-state index in [9.17, 15) is 9.59 Å². The average molecular weight is 211 g/mol. The Balaban J connectivity index is 1.71. The molecule has 3 atom stereocenters. The number of rotatable bonds is 5. The summed E-state index contributed by atoms with van der Waals surface area (Å²) >= 11 is 0. The highest BCUT2D eigenvalue weighted by atomic mass is 16.3. The van der Waals surface area contributed by atoms with Gasteiger partial charge in [0.25, 0.3) is 0 Å². The third-order valence-electron chi connectivity index (χ3n) is 3.21. The van der Waals surface area contributed by atoms with Crippen molar-refractivity contribution < 1.29 is 14.7 Å². The number of hydrogen-bond acceptors (Lipinski definition) is 3. The molecular formula is C11H17NO3. The Morgan fingerprint density at radius 3 is 2.47 bits per heavy atom. The minimum Gasteiger partial charge on any atom is -0.393 e. The second-order valence-corrected chi connectivity index (χ2v) is 4.62. The van der Waals surface area contributed by atoms with E-state index in [1.807, 2.05) is 0 Å². The molecule has 3 unspecified atom stereocenters. The molecule has 2 rings (SSSR count). The molecule has 0 bridgehead atoms. The number of amides is 2. The molecule has 0 aromatic rings. The third-order valence-corrected chi connectivity index (χ3v) is 3.21. The first-order valence-corrected chi connectivity index (χ1v) is 5.64. The number of aliphatic hydroxyl groups is 1. The Bertz CT molecular complexity index is 268. The van der Waals surface area contributed by atoms with Crippen molar-refractivity contribution in [2.24, 2.45) is 11.8 Å². The van der Waals surface area contributed by atoms with Crippen LogP contribution in [0, 0.1) is 11.8 Å². The minimum atomic E-state index is -0.289. The fourth-order valence-corrected chi connectivity index (χ4v) is 2.18. The summed E-state index contributed by atoms with van der Waals surface area (Å²) in [5.74, 6) is 0.104. The molecule has 1 saturated heterocycles. The molecule has 0 aromatic carbocycles. The Morgan fingerprint density at radius 2 is 1.93 bits per heavy atom. The number of likely N-dealkylation sites (tertiary alicyclic amines) is 1. The molecule has 0 spiro atoms. The molecule has 2 aliphatic rings. The van der Waals surface area contributed by atoms with Crippen LogP contribution in [0.5, 0.6) is 0 Å². The number of carbonyl (C=O) groups excluding carboxylic acids is 2. The summed E-state index contributed by atoms with van der Waals surface area (Å²) in [5, 5.41) is 9.05. The molecule has 1 aliphatic heterocycles. The normalized spacial score (nSPS) is 30.7. The van der Waals surface area contributed by atoms with E-state index < -0.39 is 0 Å². The lowest BCUT2D eigenvalue weighted by atomic mass is 10.1. The summed E-state index contributed by atoms with van der Waals surface area (Å²) in [6, 6.07) is 0. The van der Waals surface area contributed by atoms with E-state index in [2.05, 4.69) is 0 Å². The number of hydrogen-bond donors (Lipinski definition) is 1. The van der Waals surface area contributed by atoms with Crippen LogP contribution < -0.4 is 0 Å². The second-order valence-electron chi connectivity index (χ2n) is 4.62. The van der Waals surface area contributed by atoms with Gasteiger partial charge in [-0.1, -0.05) is 0 Å². The largest absolute Gasteiger partial charge is 0.393 e. The van der Waals surface area contributed by atoms with Crippen molar-refractivity contribution in [2.45, 2.75) is 38.7 Å². The van der Waals surface area contributed by atoms with Crippen LogP contribution in [0.25, 0.3) is 0 Å².